The first-order chi connectivity index (χ1) is 8.11. The molecule has 1 aromatic rings. The summed E-state index contributed by atoms with van der Waals surface area (Å²) in [6, 6.07) is 3.94. The molecule has 90 valence electrons. The zero-order chi connectivity index (χ0) is 12.4. The van der Waals surface area contributed by atoms with E-state index in [0.717, 1.165) is 0 Å². The summed E-state index contributed by atoms with van der Waals surface area (Å²) in [4.78, 5) is 22.5. The molecule has 1 saturated heterocycles. The molecule has 1 atom stereocenters. The van der Waals surface area contributed by atoms with E-state index in [2.05, 4.69) is 4.74 Å². The fourth-order valence-corrected chi connectivity index (χ4v) is 1.87. The lowest BCUT2D eigenvalue weighted by Crippen LogP contribution is -2.26. The van der Waals surface area contributed by atoms with E-state index in [0.29, 0.717) is 17.7 Å². The second kappa shape index (κ2) is 4.53. The Balaban J connectivity index is 2.35. The molecule has 0 radical (unpaired) electrons. The van der Waals surface area contributed by atoms with Crippen LogP contribution >= 0.6 is 0 Å². The first-order valence-electron chi connectivity index (χ1n) is 5.20. The molecule has 0 amide bonds. The van der Waals surface area contributed by atoms with Gasteiger partial charge >= 0.3 is 11.9 Å². The number of benzene rings is 1. The second-order valence-corrected chi connectivity index (χ2v) is 3.77. The molecule has 4 nitrogen and oxygen atoms in total. The van der Waals surface area contributed by atoms with Crippen molar-refractivity contribution in [3.63, 3.8) is 0 Å². The van der Waals surface area contributed by atoms with Crippen LogP contribution in [0.5, 0.6) is 5.75 Å². The minimum Gasteiger partial charge on any atom is -0.496 e. The van der Waals surface area contributed by atoms with Gasteiger partial charge in [-0.1, -0.05) is 0 Å². The molecule has 2 rings (SSSR count). The maximum Gasteiger partial charge on any atom is 0.321 e. The van der Waals surface area contributed by atoms with E-state index < -0.39 is 23.7 Å². The molecule has 0 spiro atoms. The number of carbonyl (C=O) groups excluding carboxylic acids is 2. The first kappa shape index (κ1) is 11.6. The molecule has 5 heteroatoms. The van der Waals surface area contributed by atoms with Crippen LogP contribution in [0.3, 0.4) is 0 Å². The molecular formula is C12H11FO4. The molecule has 17 heavy (non-hydrogen) atoms. The van der Waals surface area contributed by atoms with Crippen LogP contribution in [0.25, 0.3) is 0 Å². The molecule has 1 aliphatic heterocycles. The highest BCUT2D eigenvalue weighted by Gasteiger charge is 2.32. The minimum atomic E-state index is -0.648. The lowest BCUT2D eigenvalue weighted by atomic mass is 9.92. The number of halogens is 1. The average Bonchev–Trinajstić information content (AvgIpc) is 2.29. The van der Waals surface area contributed by atoms with Gasteiger partial charge in [-0.25, -0.2) is 4.39 Å². The molecule has 1 heterocycles. The lowest BCUT2D eigenvalue weighted by molar-refractivity contribution is -0.164. The molecule has 0 saturated carbocycles. The molecule has 0 aromatic heterocycles. The molecule has 1 aliphatic rings. The van der Waals surface area contributed by atoms with Crippen LogP contribution in [0.2, 0.25) is 0 Å². The Hall–Kier alpha value is -1.91. The quantitative estimate of drug-likeness (QED) is 0.582. The van der Waals surface area contributed by atoms with Crippen LogP contribution in [0, 0.1) is 5.82 Å². The van der Waals surface area contributed by atoms with E-state index in [-0.39, 0.29) is 6.42 Å². The van der Waals surface area contributed by atoms with E-state index in [1.54, 1.807) is 0 Å². The number of rotatable bonds is 2. The van der Waals surface area contributed by atoms with Crippen molar-refractivity contribution in [2.75, 3.05) is 7.11 Å². The van der Waals surface area contributed by atoms with Gasteiger partial charge in [-0.3, -0.25) is 9.59 Å². The van der Waals surface area contributed by atoms with Crippen molar-refractivity contribution in [3.05, 3.63) is 29.6 Å². The maximum absolute atomic E-state index is 13.2. The van der Waals surface area contributed by atoms with Crippen molar-refractivity contribution in [1.29, 1.82) is 0 Å². The summed E-state index contributed by atoms with van der Waals surface area (Å²) in [5.41, 5.74) is 0.421. The molecule has 0 aliphatic carbocycles. The molecule has 1 fully saturated rings. The van der Waals surface area contributed by atoms with Gasteiger partial charge in [-0.2, -0.15) is 0 Å². The standard InChI is InChI=1S/C12H11FO4/c1-16-10-4-2-7(13)6-9(10)8-3-5-11(14)17-12(8)15/h2,4,6,8H,3,5H2,1H3. The van der Waals surface area contributed by atoms with Crippen LogP contribution in [0.4, 0.5) is 4.39 Å². The third kappa shape index (κ3) is 2.27. The van der Waals surface area contributed by atoms with Crippen LogP contribution in [0.1, 0.15) is 24.3 Å². The SMILES string of the molecule is COc1ccc(F)cc1C1CCC(=O)OC1=O. The number of hydrogen-bond acceptors (Lipinski definition) is 4. The molecule has 0 N–H and O–H groups in total. The largest absolute Gasteiger partial charge is 0.496 e. The van der Waals surface area contributed by atoms with Crippen molar-refractivity contribution >= 4 is 11.9 Å². The van der Waals surface area contributed by atoms with E-state index in [4.69, 9.17) is 4.74 Å². The fourth-order valence-electron chi connectivity index (χ4n) is 1.87. The van der Waals surface area contributed by atoms with Gasteiger partial charge in [0.05, 0.1) is 13.0 Å². The zero-order valence-corrected chi connectivity index (χ0v) is 9.23. The smallest absolute Gasteiger partial charge is 0.321 e. The third-order valence-corrected chi connectivity index (χ3v) is 2.70. The zero-order valence-electron chi connectivity index (χ0n) is 9.23. The topological polar surface area (TPSA) is 52.6 Å². The number of esters is 2. The highest BCUT2D eigenvalue weighted by Crippen LogP contribution is 2.33. The van der Waals surface area contributed by atoms with Crippen molar-refractivity contribution in [2.24, 2.45) is 0 Å². The van der Waals surface area contributed by atoms with Gasteiger partial charge < -0.3 is 9.47 Å². The fraction of sp³-hybridized carbons (Fsp3) is 0.333. The predicted octanol–water partition coefficient (Wildman–Crippen LogP) is 1.78. The number of carbonyl (C=O) groups is 2. The van der Waals surface area contributed by atoms with E-state index in [1.165, 1.54) is 25.3 Å². The Morgan fingerprint density at radius 3 is 2.82 bits per heavy atom. The Bertz CT molecular complexity index is 470. The normalized spacial score (nSPS) is 20.0. The van der Waals surface area contributed by atoms with Gasteiger partial charge in [0.2, 0.25) is 0 Å². The van der Waals surface area contributed by atoms with Gasteiger partial charge in [0.25, 0.3) is 0 Å². The lowest BCUT2D eigenvalue weighted by Gasteiger charge is -2.21. The second-order valence-electron chi connectivity index (χ2n) is 3.77. The summed E-state index contributed by atoms with van der Waals surface area (Å²) < 4.78 is 22.8. The monoisotopic (exact) mass is 238 g/mol. The van der Waals surface area contributed by atoms with E-state index >= 15 is 0 Å². The van der Waals surface area contributed by atoms with Crippen LogP contribution in [-0.4, -0.2) is 19.0 Å². The molecule has 1 aromatic carbocycles. The van der Waals surface area contributed by atoms with Gasteiger partial charge in [-0.05, 0) is 24.6 Å². The van der Waals surface area contributed by atoms with Crippen LogP contribution < -0.4 is 4.74 Å². The number of ether oxygens (including phenoxy) is 2. The molecule has 1 unspecified atom stereocenters. The van der Waals surface area contributed by atoms with E-state index in [9.17, 15) is 14.0 Å². The first-order valence-corrected chi connectivity index (χ1v) is 5.20. The van der Waals surface area contributed by atoms with Gasteiger partial charge in [0.1, 0.15) is 11.6 Å². The average molecular weight is 238 g/mol. The van der Waals surface area contributed by atoms with Crippen molar-refractivity contribution in [2.45, 2.75) is 18.8 Å². The Morgan fingerprint density at radius 1 is 1.41 bits per heavy atom. The van der Waals surface area contributed by atoms with Crippen LogP contribution in [-0.2, 0) is 14.3 Å². The summed E-state index contributed by atoms with van der Waals surface area (Å²) in [6.07, 6.45) is 0.466. The van der Waals surface area contributed by atoms with E-state index in [1.807, 2.05) is 0 Å². The Kier molecular flexibility index (Phi) is 3.08. The number of cyclic esters (lactones) is 2. The highest BCUT2D eigenvalue weighted by atomic mass is 19.1. The highest BCUT2D eigenvalue weighted by molar-refractivity contribution is 5.92. The summed E-state index contributed by atoms with van der Waals surface area (Å²) >= 11 is 0. The van der Waals surface area contributed by atoms with Gasteiger partial charge in [-0.15, -0.1) is 0 Å². The van der Waals surface area contributed by atoms with Crippen molar-refractivity contribution < 1.29 is 23.5 Å². The summed E-state index contributed by atoms with van der Waals surface area (Å²) in [6.45, 7) is 0. The summed E-state index contributed by atoms with van der Waals surface area (Å²) in [7, 11) is 1.44. The maximum atomic E-state index is 13.2. The van der Waals surface area contributed by atoms with Gasteiger partial charge in [0, 0.05) is 12.0 Å². The summed E-state index contributed by atoms with van der Waals surface area (Å²) in [5.74, 6) is -1.86. The third-order valence-electron chi connectivity index (χ3n) is 2.70. The van der Waals surface area contributed by atoms with Crippen LogP contribution in [0.15, 0.2) is 18.2 Å². The molecular weight excluding hydrogens is 227 g/mol. The van der Waals surface area contributed by atoms with Crippen molar-refractivity contribution in [1.82, 2.24) is 0 Å². The predicted molar refractivity (Wildman–Crippen MR) is 56.0 cm³/mol. The number of methoxy groups -OCH3 is 1. The molecule has 0 bridgehead atoms. The Morgan fingerprint density at radius 2 is 2.18 bits per heavy atom. The number of hydrogen-bond donors (Lipinski definition) is 0. The van der Waals surface area contributed by atoms with Crippen molar-refractivity contribution in [3.8, 4) is 5.75 Å². The Labute approximate surface area is 97.3 Å². The van der Waals surface area contributed by atoms with Gasteiger partial charge in [0.15, 0.2) is 0 Å². The summed E-state index contributed by atoms with van der Waals surface area (Å²) in [5, 5.41) is 0. The minimum absolute atomic E-state index is 0.149.